The Kier molecular flexibility index (Phi) is 8.16. The number of carbonyl (C=O) groups is 3. The van der Waals surface area contributed by atoms with E-state index in [1.54, 1.807) is 54.6 Å². The van der Waals surface area contributed by atoms with Crippen LogP contribution in [0.5, 0.6) is 5.75 Å². The number of imide groups is 1. The predicted octanol–water partition coefficient (Wildman–Crippen LogP) is 6.97. The number of nitrogens with one attached hydrogen (secondary N) is 2. The summed E-state index contributed by atoms with van der Waals surface area (Å²) < 4.78 is 6.76. The van der Waals surface area contributed by atoms with E-state index in [1.165, 1.54) is 22.7 Å². The van der Waals surface area contributed by atoms with Crippen molar-refractivity contribution in [3.8, 4) is 5.75 Å². The normalized spacial score (nSPS) is 19.4. The van der Waals surface area contributed by atoms with Crippen LogP contribution in [0.4, 0.5) is 11.4 Å². The molecule has 0 saturated carbocycles. The van der Waals surface area contributed by atoms with Gasteiger partial charge in [0.25, 0.3) is 5.91 Å². The van der Waals surface area contributed by atoms with Gasteiger partial charge in [0.05, 0.1) is 26.7 Å². The van der Waals surface area contributed by atoms with Gasteiger partial charge in [-0.15, -0.1) is 0 Å². The number of halogens is 4. The molecule has 2 N–H and O–H groups in total. The molecule has 0 bridgehead atoms. The molecule has 3 aromatic carbocycles. The number of aromatic amines is 1. The van der Waals surface area contributed by atoms with Crippen LogP contribution >= 0.6 is 73.8 Å². The fourth-order valence-electron chi connectivity index (χ4n) is 5.00. The molecule has 1 saturated heterocycles. The molecule has 8 nitrogen and oxygen atoms in total. The maximum atomic E-state index is 14.0. The quantitative estimate of drug-likeness (QED) is 0.208. The highest BCUT2D eigenvalue weighted by molar-refractivity contribution is 9.10. The van der Waals surface area contributed by atoms with Gasteiger partial charge in [-0.05, 0) is 60.7 Å². The lowest BCUT2D eigenvalue weighted by Gasteiger charge is -2.31. The zero-order chi connectivity index (χ0) is 29.7. The van der Waals surface area contributed by atoms with Crippen LogP contribution in [-0.2, 0) is 14.4 Å². The Morgan fingerprint density at radius 1 is 0.976 bits per heavy atom. The van der Waals surface area contributed by atoms with Crippen molar-refractivity contribution in [1.82, 2.24) is 4.98 Å². The molecule has 0 radical (unpaired) electrons. The first-order valence-corrected chi connectivity index (χ1v) is 15.9. The Hall–Kier alpha value is -2.80. The monoisotopic (exact) mass is 723 g/mol. The SMILES string of the molecule is O=C(COc1ccc(Cl)cc1[C@@H]1c2sc(=O)[nH]c2S[C@H]2C(=O)N(c3ccc(Br)cc3)C(=O)[C@@H]12)Nc1ccc(Cl)c(Cl)c1. The van der Waals surface area contributed by atoms with Crippen molar-refractivity contribution < 1.29 is 19.1 Å². The maximum absolute atomic E-state index is 14.0. The molecular formula is C28H17BrCl3N3O5S2. The molecule has 1 fully saturated rings. The molecule has 0 unspecified atom stereocenters. The van der Waals surface area contributed by atoms with E-state index in [0.29, 0.717) is 36.9 Å². The van der Waals surface area contributed by atoms with Crippen LogP contribution in [-0.4, -0.2) is 34.6 Å². The second-order valence-corrected chi connectivity index (χ2v) is 13.7. The van der Waals surface area contributed by atoms with Crippen LogP contribution in [0.15, 0.2) is 75.0 Å². The van der Waals surface area contributed by atoms with E-state index in [4.69, 9.17) is 39.5 Å². The second kappa shape index (κ2) is 11.7. The summed E-state index contributed by atoms with van der Waals surface area (Å²) in [6, 6.07) is 16.4. The van der Waals surface area contributed by atoms with Gasteiger partial charge < -0.3 is 15.0 Å². The Morgan fingerprint density at radius 2 is 1.74 bits per heavy atom. The fraction of sp³-hybridized carbons (Fsp3) is 0.143. The number of nitrogens with zero attached hydrogens (tertiary/aromatic N) is 1. The molecule has 3 atom stereocenters. The molecular weight excluding hydrogens is 709 g/mol. The zero-order valence-electron chi connectivity index (χ0n) is 21.0. The van der Waals surface area contributed by atoms with E-state index in [-0.39, 0.29) is 28.2 Å². The van der Waals surface area contributed by atoms with Crippen molar-refractivity contribution in [2.45, 2.75) is 16.2 Å². The van der Waals surface area contributed by atoms with E-state index >= 15 is 0 Å². The van der Waals surface area contributed by atoms with E-state index in [0.717, 1.165) is 15.8 Å². The van der Waals surface area contributed by atoms with Crippen LogP contribution in [0.2, 0.25) is 15.1 Å². The van der Waals surface area contributed by atoms with Crippen molar-refractivity contribution in [3.63, 3.8) is 0 Å². The highest BCUT2D eigenvalue weighted by atomic mass is 79.9. The molecule has 14 heteroatoms. The minimum atomic E-state index is -0.851. The zero-order valence-corrected chi connectivity index (χ0v) is 26.5. The molecule has 2 aliphatic rings. The highest BCUT2D eigenvalue weighted by Crippen LogP contribution is 2.54. The number of carbonyl (C=O) groups excluding carboxylic acids is 3. The summed E-state index contributed by atoms with van der Waals surface area (Å²) in [6.45, 7) is -0.376. The van der Waals surface area contributed by atoms with Crippen molar-refractivity contribution >= 4 is 103 Å². The molecule has 0 aliphatic carbocycles. The van der Waals surface area contributed by atoms with Gasteiger partial charge >= 0.3 is 4.87 Å². The standard InChI is InChI=1S/C28H17BrCl3N3O5S2/c29-12-1-5-15(6-2-12)35-26(37)22-21(23-25(34-28(39)42-23)41-24(22)27(35)38)16-9-13(30)3-8-19(16)40-11-20(36)33-14-4-7-17(31)18(32)10-14/h1-10,21-22,24H,11H2,(H,33,36)(H,34,39)/t21-,22-,24+/m0/s1. The third-order valence-electron chi connectivity index (χ3n) is 6.78. The molecule has 3 heterocycles. The second-order valence-electron chi connectivity index (χ2n) is 9.39. The number of H-pyrrole nitrogens is 1. The summed E-state index contributed by atoms with van der Waals surface area (Å²) in [5, 5.41) is 3.41. The van der Waals surface area contributed by atoms with Gasteiger partial charge in [-0.2, -0.15) is 0 Å². The van der Waals surface area contributed by atoms with Crippen molar-refractivity contribution in [3.05, 3.63) is 100 Å². The summed E-state index contributed by atoms with van der Waals surface area (Å²) in [5.41, 5.74) is 1.36. The number of rotatable bonds is 6. The smallest absolute Gasteiger partial charge is 0.305 e. The van der Waals surface area contributed by atoms with Crippen LogP contribution < -0.4 is 19.8 Å². The number of aromatic nitrogens is 1. The lowest BCUT2D eigenvalue weighted by molar-refractivity contribution is -0.122. The van der Waals surface area contributed by atoms with E-state index in [9.17, 15) is 19.2 Å². The van der Waals surface area contributed by atoms with Gasteiger partial charge in [0.2, 0.25) is 11.8 Å². The van der Waals surface area contributed by atoms with Crippen LogP contribution in [0, 0.1) is 5.92 Å². The van der Waals surface area contributed by atoms with Crippen LogP contribution in [0.1, 0.15) is 16.4 Å². The highest BCUT2D eigenvalue weighted by Gasteiger charge is 2.56. The molecule has 0 spiro atoms. The van der Waals surface area contributed by atoms with Gasteiger partial charge in [0.1, 0.15) is 11.0 Å². The van der Waals surface area contributed by atoms with Crippen molar-refractivity contribution in [1.29, 1.82) is 0 Å². The molecule has 3 amide bonds. The summed E-state index contributed by atoms with van der Waals surface area (Å²) in [5.74, 6) is -2.56. The van der Waals surface area contributed by atoms with Crippen molar-refractivity contribution in [2.75, 3.05) is 16.8 Å². The van der Waals surface area contributed by atoms with E-state index in [1.807, 2.05) is 0 Å². The summed E-state index contributed by atoms with van der Waals surface area (Å²) in [7, 11) is 0. The molecule has 6 rings (SSSR count). The molecule has 2 aliphatic heterocycles. The number of fused-ring (bicyclic) bond motifs is 2. The van der Waals surface area contributed by atoms with E-state index in [2.05, 4.69) is 26.2 Å². The minimum Gasteiger partial charge on any atom is -0.483 e. The topological polar surface area (TPSA) is 109 Å². The average Bonchev–Trinajstić information content (AvgIpc) is 3.44. The van der Waals surface area contributed by atoms with Crippen LogP contribution in [0.25, 0.3) is 0 Å². The van der Waals surface area contributed by atoms with Gasteiger partial charge in [-0.1, -0.05) is 73.8 Å². The minimum absolute atomic E-state index is 0.286. The molecule has 4 aromatic rings. The maximum Gasteiger partial charge on any atom is 0.305 e. The average molecular weight is 726 g/mol. The first-order valence-electron chi connectivity index (χ1n) is 12.3. The Bertz CT molecular complexity index is 1810. The van der Waals surface area contributed by atoms with Crippen molar-refractivity contribution in [2.24, 2.45) is 5.92 Å². The molecule has 214 valence electrons. The lowest BCUT2D eigenvalue weighted by Crippen LogP contribution is -2.32. The fourth-order valence-corrected chi connectivity index (χ4v) is 8.25. The largest absolute Gasteiger partial charge is 0.483 e. The Labute approximate surface area is 270 Å². The molecule has 42 heavy (non-hydrogen) atoms. The lowest BCUT2D eigenvalue weighted by atomic mass is 9.82. The number of benzene rings is 3. The predicted molar refractivity (Wildman–Crippen MR) is 169 cm³/mol. The third kappa shape index (κ3) is 5.49. The number of hydrogen-bond donors (Lipinski definition) is 2. The van der Waals surface area contributed by atoms with Gasteiger partial charge in [0.15, 0.2) is 6.61 Å². The van der Waals surface area contributed by atoms with Gasteiger partial charge in [-0.25, -0.2) is 4.90 Å². The summed E-state index contributed by atoms with van der Waals surface area (Å²) in [6.07, 6.45) is 0. The first-order chi connectivity index (χ1) is 20.1. The number of hydrogen-bond acceptors (Lipinski definition) is 7. The number of thiazole rings is 1. The number of thioether (sulfide) groups is 1. The number of amides is 3. The number of ether oxygens (including phenoxy) is 1. The first kappa shape index (κ1) is 29.3. The number of anilines is 2. The Morgan fingerprint density at radius 3 is 2.48 bits per heavy atom. The Balaban J connectivity index is 1.35. The summed E-state index contributed by atoms with van der Waals surface area (Å²) >= 11 is 23.9. The third-order valence-corrected chi connectivity index (χ3v) is 10.7. The molecule has 1 aromatic heterocycles. The summed E-state index contributed by atoms with van der Waals surface area (Å²) in [4.78, 5) is 57.1. The van der Waals surface area contributed by atoms with E-state index < -0.39 is 28.9 Å². The van der Waals surface area contributed by atoms with Crippen LogP contribution in [0.3, 0.4) is 0 Å². The van der Waals surface area contributed by atoms with Gasteiger partial charge in [0, 0.05) is 31.5 Å². The van der Waals surface area contributed by atoms with Gasteiger partial charge in [-0.3, -0.25) is 19.2 Å².